The average Bonchev–Trinajstić information content (AvgIpc) is 1.87. The number of hydrogen-bond donors (Lipinski definition) is 2. The number of likely N-dealkylation sites (N-methyl/N-ethyl adjacent to an activating group) is 1. The Balaban J connectivity index is 3.56. The summed E-state index contributed by atoms with van der Waals surface area (Å²) in [5.41, 5.74) is 4.92. The third-order valence-corrected chi connectivity index (χ3v) is 1.22. The van der Waals surface area contributed by atoms with Gasteiger partial charge in [0.05, 0.1) is 19.3 Å². The summed E-state index contributed by atoms with van der Waals surface area (Å²) < 4.78 is 4.66. The normalized spacial score (nSPS) is 12.6. The lowest BCUT2D eigenvalue weighted by Crippen LogP contribution is -2.39. The van der Waals surface area contributed by atoms with Gasteiger partial charge < -0.3 is 20.5 Å². The predicted octanol–water partition coefficient (Wildman–Crippen LogP) is -0.996. The van der Waals surface area contributed by atoms with Gasteiger partial charge in [0.1, 0.15) is 0 Å². The van der Waals surface area contributed by atoms with E-state index in [-0.39, 0.29) is 13.2 Å². The summed E-state index contributed by atoms with van der Waals surface area (Å²) in [7, 11) is 2.99. The molecular formula is C6H14N2O3. The molecule has 0 aromatic heterocycles. The third kappa shape index (κ3) is 4.58. The van der Waals surface area contributed by atoms with Crippen molar-refractivity contribution in [2.45, 2.75) is 6.10 Å². The van der Waals surface area contributed by atoms with Gasteiger partial charge in [-0.1, -0.05) is 0 Å². The van der Waals surface area contributed by atoms with E-state index in [1.165, 1.54) is 19.1 Å². The van der Waals surface area contributed by atoms with Crippen molar-refractivity contribution < 1.29 is 14.6 Å². The Labute approximate surface area is 65.7 Å². The van der Waals surface area contributed by atoms with Crippen LogP contribution in [0.15, 0.2) is 0 Å². The molecule has 0 aromatic rings. The zero-order valence-electron chi connectivity index (χ0n) is 6.78. The number of carbonyl (C=O) groups excluding carboxylic acids is 1. The first-order valence-electron chi connectivity index (χ1n) is 3.25. The summed E-state index contributed by atoms with van der Waals surface area (Å²) in [6.45, 7) is 0.404. The number of primary amides is 1. The third-order valence-electron chi connectivity index (χ3n) is 1.22. The van der Waals surface area contributed by atoms with Crippen molar-refractivity contribution in [2.75, 3.05) is 27.3 Å². The molecule has 2 amide bonds. The standard InChI is InChI=1S/C6H14N2O3/c1-8(6(7)10)3-5(9)4-11-2/h5,9H,3-4H2,1-2H3,(H2,7,10). The number of methoxy groups -OCH3 is 1. The molecule has 3 N–H and O–H groups in total. The van der Waals surface area contributed by atoms with Crippen LogP contribution < -0.4 is 5.73 Å². The number of ether oxygens (including phenoxy) is 1. The summed E-state index contributed by atoms with van der Waals surface area (Å²) in [5.74, 6) is 0. The number of carbonyl (C=O) groups is 1. The molecule has 0 spiro atoms. The smallest absolute Gasteiger partial charge is 0.314 e. The Morgan fingerprint density at radius 1 is 1.82 bits per heavy atom. The van der Waals surface area contributed by atoms with Gasteiger partial charge in [0.25, 0.3) is 0 Å². The topological polar surface area (TPSA) is 75.8 Å². The van der Waals surface area contributed by atoms with Crippen LogP contribution in [0.25, 0.3) is 0 Å². The molecule has 0 saturated heterocycles. The second kappa shape index (κ2) is 4.92. The largest absolute Gasteiger partial charge is 0.389 e. The minimum Gasteiger partial charge on any atom is -0.389 e. The van der Waals surface area contributed by atoms with Crippen LogP contribution in [0.2, 0.25) is 0 Å². The van der Waals surface area contributed by atoms with E-state index in [0.717, 1.165) is 0 Å². The van der Waals surface area contributed by atoms with Crippen LogP contribution >= 0.6 is 0 Å². The summed E-state index contributed by atoms with van der Waals surface area (Å²) in [6, 6.07) is -0.555. The van der Waals surface area contributed by atoms with Gasteiger partial charge >= 0.3 is 6.03 Å². The van der Waals surface area contributed by atoms with Gasteiger partial charge in [0.2, 0.25) is 0 Å². The number of aliphatic hydroxyl groups is 1. The lowest BCUT2D eigenvalue weighted by molar-refractivity contribution is 0.0497. The predicted molar refractivity (Wildman–Crippen MR) is 40.1 cm³/mol. The number of nitrogens with zero attached hydrogens (tertiary/aromatic N) is 1. The van der Waals surface area contributed by atoms with Crippen molar-refractivity contribution in [3.63, 3.8) is 0 Å². The van der Waals surface area contributed by atoms with Crippen LogP contribution in [-0.4, -0.2) is 49.5 Å². The van der Waals surface area contributed by atoms with Crippen molar-refractivity contribution in [2.24, 2.45) is 5.73 Å². The molecule has 0 fully saturated rings. The maximum Gasteiger partial charge on any atom is 0.314 e. The molecule has 11 heavy (non-hydrogen) atoms. The Bertz CT molecular complexity index is 129. The zero-order valence-corrected chi connectivity index (χ0v) is 6.78. The van der Waals surface area contributed by atoms with E-state index in [2.05, 4.69) is 4.74 Å². The molecule has 5 heteroatoms. The van der Waals surface area contributed by atoms with Crippen molar-refractivity contribution in [3.8, 4) is 0 Å². The first kappa shape index (κ1) is 10.2. The maximum absolute atomic E-state index is 10.4. The van der Waals surface area contributed by atoms with Crippen molar-refractivity contribution in [3.05, 3.63) is 0 Å². The first-order valence-corrected chi connectivity index (χ1v) is 3.25. The van der Waals surface area contributed by atoms with Gasteiger partial charge in [-0.25, -0.2) is 4.79 Å². The molecule has 0 bridgehead atoms. The lowest BCUT2D eigenvalue weighted by Gasteiger charge is -2.17. The van der Waals surface area contributed by atoms with E-state index in [1.807, 2.05) is 0 Å². The Morgan fingerprint density at radius 3 is 2.73 bits per heavy atom. The fraction of sp³-hybridized carbons (Fsp3) is 0.833. The summed E-state index contributed by atoms with van der Waals surface area (Å²) >= 11 is 0. The maximum atomic E-state index is 10.4. The fourth-order valence-corrected chi connectivity index (χ4v) is 0.651. The Hall–Kier alpha value is -0.810. The van der Waals surface area contributed by atoms with Crippen LogP contribution in [0.3, 0.4) is 0 Å². The summed E-state index contributed by atoms with van der Waals surface area (Å²) in [4.78, 5) is 11.7. The molecule has 1 unspecified atom stereocenters. The van der Waals surface area contributed by atoms with Gasteiger partial charge in [0.15, 0.2) is 0 Å². The van der Waals surface area contributed by atoms with Gasteiger partial charge in [-0.2, -0.15) is 0 Å². The molecule has 0 rings (SSSR count). The van der Waals surface area contributed by atoms with E-state index in [4.69, 9.17) is 10.8 Å². The van der Waals surface area contributed by atoms with Crippen LogP contribution in [-0.2, 0) is 4.74 Å². The number of aliphatic hydroxyl groups excluding tert-OH is 1. The quantitative estimate of drug-likeness (QED) is 0.557. The average molecular weight is 162 g/mol. The highest BCUT2D eigenvalue weighted by Crippen LogP contribution is 1.88. The van der Waals surface area contributed by atoms with E-state index < -0.39 is 12.1 Å². The highest BCUT2D eigenvalue weighted by molar-refractivity contribution is 5.71. The zero-order chi connectivity index (χ0) is 8.85. The fourth-order valence-electron chi connectivity index (χ4n) is 0.651. The number of rotatable bonds is 4. The molecule has 0 aliphatic rings. The Kier molecular flexibility index (Phi) is 4.56. The second-order valence-corrected chi connectivity index (χ2v) is 2.33. The van der Waals surface area contributed by atoms with Crippen LogP contribution in [0.4, 0.5) is 4.79 Å². The number of nitrogens with two attached hydrogens (primary N) is 1. The molecule has 0 saturated carbocycles. The van der Waals surface area contributed by atoms with Gasteiger partial charge in [-0.05, 0) is 0 Å². The first-order chi connectivity index (χ1) is 5.07. The van der Waals surface area contributed by atoms with E-state index in [0.29, 0.717) is 0 Å². The van der Waals surface area contributed by atoms with Crippen LogP contribution in [0, 0.1) is 0 Å². The van der Waals surface area contributed by atoms with E-state index in [1.54, 1.807) is 0 Å². The second-order valence-electron chi connectivity index (χ2n) is 2.33. The SMILES string of the molecule is COCC(O)CN(C)C(N)=O. The van der Waals surface area contributed by atoms with Crippen molar-refractivity contribution >= 4 is 6.03 Å². The van der Waals surface area contributed by atoms with Gasteiger partial charge in [-0.3, -0.25) is 0 Å². The minimum atomic E-state index is -0.669. The molecule has 1 atom stereocenters. The summed E-state index contributed by atoms with van der Waals surface area (Å²) in [6.07, 6.45) is -0.669. The molecule has 5 nitrogen and oxygen atoms in total. The van der Waals surface area contributed by atoms with Crippen molar-refractivity contribution in [1.29, 1.82) is 0 Å². The Morgan fingerprint density at radius 2 is 2.36 bits per heavy atom. The number of urea groups is 1. The molecule has 66 valence electrons. The minimum absolute atomic E-state index is 0.198. The highest BCUT2D eigenvalue weighted by atomic mass is 16.5. The number of hydrogen-bond acceptors (Lipinski definition) is 3. The number of amides is 2. The van der Waals surface area contributed by atoms with Crippen LogP contribution in [0.1, 0.15) is 0 Å². The van der Waals surface area contributed by atoms with Gasteiger partial charge in [-0.15, -0.1) is 0 Å². The van der Waals surface area contributed by atoms with E-state index >= 15 is 0 Å². The molecule has 0 aliphatic heterocycles. The molecule has 0 aliphatic carbocycles. The highest BCUT2D eigenvalue weighted by Gasteiger charge is 2.09. The molecule has 0 aromatic carbocycles. The van der Waals surface area contributed by atoms with Crippen molar-refractivity contribution in [1.82, 2.24) is 4.90 Å². The van der Waals surface area contributed by atoms with Gasteiger partial charge in [0, 0.05) is 14.2 Å². The molecule has 0 radical (unpaired) electrons. The monoisotopic (exact) mass is 162 g/mol. The van der Waals surface area contributed by atoms with E-state index in [9.17, 15) is 4.79 Å². The summed E-state index contributed by atoms with van der Waals surface area (Å²) in [5, 5.41) is 9.09. The van der Waals surface area contributed by atoms with Crippen LogP contribution in [0.5, 0.6) is 0 Å². The molecule has 0 heterocycles. The molecular weight excluding hydrogens is 148 g/mol. The lowest BCUT2D eigenvalue weighted by atomic mass is 10.3.